The number of thiazole rings is 1. The van der Waals surface area contributed by atoms with Crippen molar-refractivity contribution in [2.24, 2.45) is 5.92 Å². The normalized spacial score (nSPS) is 18.3. The molecule has 2 amide bonds. The minimum absolute atomic E-state index is 0.0164. The molecule has 1 N–H and O–H groups in total. The Kier molecular flexibility index (Phi) is 4.54. The van der Waals surface area contributed by atoms with Crippen LogP contribution in [0.2, 0.25) is 0 Å². The fourth-order valence-electron chi connectivity index (χ4n) is 2.80. The number of nitrogens with one attached hydrogen (secondary N) is 1. The number of hydrogen-bond acceptors (Lipinski definition) is 6. The Bertz CT molecular complexity index is 949. The zero-order chi connectivity index (χ0) is 18.4. The van der Waals surface area contributed by atoms with Crippen molar-refractivity contribution >= 4 is 48.3 Å². The predicted molar refractivity (Wildman–Crippen MR) is 96.3 cm³/mol. The van der Waals surface area contributed by atoms with Gasteiger partial charge in [0.05, 0.1) is 21.0 Å². The maximum Gasteiger partial charge on any atom is 0.231 e. The van der Waals surface area contributed by atoms with Gasteiger partial charge in [0.25, 0.3) is 0 Å². The highest BCUT2D eigenvalue weighted by molar-refractivity contribution is 7.90. The van der Waals surface area contributed by atoms with E-state index in [1.54, 1.807) is 17.0 Å². The Morgan fingerprint density at radius 2 is 2.12 bits per heavy atom. The van der Waals surface area contributed by atoms with Gasteiger partial charge in [-0.2, -0.15) is 0 Å². The molecule has 3 rings (SSSR count). The Morgan fingerprint density at radius 1 is 1.40 bits per heavy atom. The summed E-state index contributed by atoms with van der Waals surface area (Å²) in [6.45, 7) is 4.25. The second-order valence-corrected chi connectivity index (χ2v) is 9.50. The quantitative estimate of drug-likeness (QED) is 0.872. The van der Waals surface area contributed by atoms with Gasteiger partial charge < -0.3 is 10.2 Å². The summed E-state index contributed by atoms with van der Waals surface area (Å²) in [5, 5.41) is 3.16. The van der Waals surface area contributed by atoms with E-state index in [2.05, 4.69) is 10.3 Å². The van der Waals surface area contributed by atoms with Crippen LogP contribution in [0.4, 0.5) is 5.13 Å². The van der Waals surface area contributed by atoms with Gasteiger partial charge in [0, 0.05) is 25.3 Å². The molecule has 0 saturated carbocycles. The molecular formula is C16H19N3O4S2. The van der Waals surface area contributed by atoms with E-state index in [1.807, 2.05) is 13.8 Å². The Hall–Kier alpha value is -2.00. The van der Waals surface area contributed by atoms with Gasteiger partial charge in [0.1, 0.15) is 0 Å². The van der Waals surface area contributed by atoms with Gasteiger partial charge in [0.15, 0.2) is 15.0 Å². The number of fused-ring (bicyclic) bond motifs is 1. The van der Waals surface area contributed by atoms with Crippen molar-refractivity contribution in [1.82, 2.24) is 9.88 Å². The molecule has 1 aliphatic rings. The minimum atomic E-state index is -3.29. The molecule has 0 bridgehead atoms. The van der Waals surface area contributed by atoms with Gasteiger partial charge in [0.2, 0.25) is 11.8 Å². The molecule has 1 aliphatic heterocycles. The SMILES string of the molecule is CC(C)N1CC(C(=O)Nc2nc3ccc(S(C)(=O)=O)cc3s2)CC1=O. The van der Waals surface area contributed by atoms with Crippen molar-refractivity contribution in [3.63, 3.8) is 0 Å². The van der Waals surface area contributed by atoms with Crippen LogP contribution in [0.5, 0.6) is 0 Å². The number of hydrogen-bond donors (Lipinski definition) is 1. The van der Waals surface area contributed by atoms with E-state index >= 15 is 0 Å². The number of aromatic nitrogens is 1. The van der Waals surface area contributed by atoms with Gasteiger partial charge in [-0.15, -0.1) is 0 Å². The average Bonchev–Trinajstić information content (AvgIpc) is 3.08. The van der Waals surface area contributed by atoms with Crippen molar-refractivity contribution in [1.29, 1.82) is 0 Å². The van der Waals surface area contributed by atoms with Crippen molar-refractivity contribution in [3.8, 4) is 0 Å². The zero-order valence-electron chi connectivity index (χ0n) is 14.1. The van der Waals surface area contributed by atoms with Crippen LogP contribution in [-0.4, -0.2) is 49.0 Å². The summed E-state index contributed by atoms with van der Waals surface area (Å²) >= 11 is 1.22. The molecule has 7 nitrogen and oxygen atoms in total. The highest BCUT2D eigenvalue weighted by Crippen LogP contribution is 2.29. The highest BCUT2D eigenvalue weighted by Gasteiger charge is 2.35. The van der Waals surface area contributed by atoms with Gasteiger partial charge in [-0.25, -0.2) is 13.4 Å². The summed E-state index contributed by atoms with van der Waals surface area (Å²) in [6, 6.07) is 4.75. The number of sulfone groups is 1. The predicted octanol–water partition coefficient (Wildman–Crippen LogP) is 1.90. The molecule has 1 saturated heterocycles. The molecule has 0 radical (unpaired) electrons. The van der Waals surface area contributed by atoms with E-state index in [4.69, 9.17) is 0 Å². The number of benzene rings is 1. The van der Waals surface area contributed by atoms with Gasteiger partial charge in [-0.1, -0.05) is 11.3 Å². The van der Waals surface area contributed by atoms with Crippen LogP contribution in [0, 0.1) is 5.92 Å². The van der Waals surface area contributed by atoms with Crippen molar-refractivity contribution in [2.45, 2.75) is 31.2 Å². The van der Waals surface area contributed by atoms with E-state index in [1.165, 1.54) is 17.4 Å². The lowest BCUT2D eigenvalue weighted by atomic mass is 10.1. The summed E-state index contributed by atoms with van der Waals surface area (Å²) in [5.41, 5.74) is 0.624. The van der Waals surface area contributed by atoms with Crippen LogP contribution >= 0.6 is 11.3 Å². The van der Waals surface area contributed by atoms with E-state index in [0.717, 1.165) is 6.26 Å². The topological polar surface area (TPSA) is 96.4 Å². The summed E-state index contributed by atoms with van der Waals surface area (Å²) < 4.78 is 23.9. The molecule has 1 unspecified atom stereocenters. The van der Waals surface area contributed by atoms with Crippen molar-refractivity contribution in [3.05, 3.63) is 18.2 Å². The molecule has 9 heteroatoms. The molecule has 1 fully saturated rings. The lowest BCUT2D eigenvalue weighted by Crippen LogP contribution is -2.33. The molecule has 2 heterocycles. The van der Waals surface area contributed by atoms with Crippen molar-refractivity contribution < 1.29 is 18.0 Å². The van der Waals surface area contributed by atoms with Crippen LogP contribution in [0.15, 0.2) is 23.1 Å². The van der Waals surface area contributed by atoms with Crippen LogP contribution in [0.25, 0.3) is 10.2 Å². The summed E-state index contributed by atoms with van der Waals surface area (Å²) in [6.07, 6.45) is 1.35. The van der Waals surface area contributed by atoms with Gasteiger partial charge in [-0.05, 0) is 32.0 Å². The third-order valence-corrected chi connectivity index (χ3v) is 6.21. The lowest BCUT2D eigenvalue weighted by molar-refractivity contribution is -0.129. The number of anilines is 1. The third-order valence-electron chi connectivity index (χ3n) is 4.17. The zero-order valence-corrected chi connectivity index (χ0v) is 15.8. The average molecular weight is 381 g/mol. The van der Waals surface area contributed by atoms with Gasteiger partial charge in [-0.3, -0.25) is 9.59 Å². The maximum absolute atomic E-state index is 12.4. The fraction of sp³-hybridized carbons (Fsp3) is 0.438. The first-order chi connectivity index (χ1) is 11.6. The summed E-state index contributed by atoms with van der Waals surface area (Å²) in [5.74, 6) is -0.648. The summed E-state index contributed by atoms with van der Waals surface area (Å²) in [4.78, 5) is 30.6. The lowest BCUT2D eigenvalue weighted by Gasteiger charge is -2.20. The van der Waals surface area contributed by atoms with Crippen LogP contribution in [0.1, 0.15) is 20.3 Å². The first-order valence-corrected chi connectivity index (χ1v) is 10.6. The van der Waals surface area contributed by atoms with E-state index in [9.17, 15) is 18.0 Å². The molecule has 0 spiro atoms. The Labute approximate surface area is 150 Å². The van der Waals surface area contributed by atoms with Gasteiger partial charge >= 0.3 is 0 Å². The molecule has 25 heavy (non-hydrogen) atoms. The first kappa shape index (κ1) is 17.8. The fourth-order valence-corrected chi connectivity index (χ4v) is 4.43. The number of nitrogens with zero attached hydrogens (tertiary/aromatic N) is 2. The molecule has 1 aromatic heterocycles. The molecular weight excluding hydrogens is 362 g/mol. The highest BCUT2D eigenvalue weighted by atomic mass is 32.2. The van der Waals surface area contributed by atoms with E-state index in [0.29, 0.717) is 21.9 Å². The van der Waals surface area contributed by atoms with Crippen LogP contribution in [-0.2, 0) is 19.4 Å². The molecule has 2 aromatic rings. The van der Waals surface area contributed by atoms with Crippen LogP contribution in [0.3, 0.4) is 0 Å². The van der Waals surface area contributed by atoms with Crippen molar-refractivity contribution in [2.75, 3.05) is 18.1 Å². The van der Waals surface area contributed by atoms with E-state index < -0.39 is 15.8 Å². The molecule has 1 atom stereocenters. The number of carbonyl (C=O) groups is 2. The maximum atomic E-state index is 12.4. The molecule has 1 aromatic carbocycles. The third kappa shape index (κ3) is 3.67. The second kappa shape index (κ2) is 6.38. The standard InChI is InChI=1S/C16H19N3O4S2/c1-9(2)19-8-10(6-14(19)20)15(21)18-16-17-12-5-4-11(25(3,22)23)7-13(12)24-16/h4-5,7,9-10H,6,8H2,1-3H3,(H,17,18,21). The Morgan fingerprint density at radius 3 is 2.72 bits per heavy atom. The molecule has 134 valence electrons. The smallest absolute Gasteiger partial charge is 0.231 e. The molecule has 0 aliphatic carbocycles. The number of amides is 2. The first-order valence-electron chi connectivity index (χ1n) is 7.86. The Balaban J connectivity index is 1.77. The summed E-state index contributed by atoms with van der Waals surface area (Å²) in [7, 11) is -3.29. The monoisotopic (exact) mass is 381 g/mol. The number of carbonyl (C=O) groups excluding carboxylic acids is 2. The van der Waals surface area contributed by atoms with Crippen LogP contribution < -0.4 is 5.32 Å². The van der Waals surface area contributed by atoms with E-state index in [-0.39, 0.29) is 29.2 Å². The minimum Gasteiger partial charge on any atom is -0.339 e. The second-order valence-electron chi connectivity index (χ2n) is 6.45. The largest absolute Gasteiger partial charge is 0.339 e. The number of likely N-dealkylation sites (tertiary alicyclic amines) is 1. The number of rotatable bonds is 4.